The first-order chi connectivity index (χ1) is 3.39. The van der Waals surface area contributed by atoms with Crippen LogP contribution in [0.1, 0.15) is 0 Å². The second-order valence-electron chi connectivity index (χ2n) is 1.23. The number of aromatic nitrogens is 1. The Kier molecular flexibility index (Phi) is 3.79. The average Bonchev–Trinajstić information content (AvgIpc) is 1.69. The molecule has 0 aliphatic carbocycles. The van der Waals surface area contributed by atoms with Crippen LogP contribution >= 0.6 is 12.2 Å². The van der Waals surface area contributed by atoms with Gasteiger partial charge in [0.05, 0.1) is 0 Å². The van der Waals surface area contributed by atoms with Crippen molar-refractivity contribution in [3.63, 3.8) is 0 Å². The summed E-state index contributed by atoms with van der Waals surface area (Å²) in [6, 6.07) is 5.64. The molecule has 0 saturated heterocycles. The number of hydrogen-bond donors (Lipinski definition) is 1. The molecule has 0 aliphatic rings. The molecule has 1 aromatic rings. The maximum absolute atomic E-state index is 4.76. The van der Waals surface area contributed by atoms with E-state index in [0.717, 1.165) is 4.64 Å². The summed E-state index contributed by atoms with van der Waals surface area (Å²) in [5.41, 5.74) is 0. The molecule has 1 nitrogen and oxygen atoms in total. The van der Waals surface area contributed by atoms with Gasteiger partial charge in [-0.15, -0.1) is 0 Å². The van der Waals surface area contributed by atoms with Gasteiger partial charge in [0, 0.05) is 23.3 Å². The van der Waals surface area contributed by atoms with Crippen LogP contribution in [0.4, 0.5) is 0 Å². The molecule has 1 rings (SSSR count). The molecule has 0 fully saturated rings. The summed E-state index contributed by atoms with van der Waals surface area (Å²) in [6.07, 6.45) is 1.81. The van der Waals surface area contributed by atoms with E-state index in [4.69, 9.17) is 12.2 Å². The molecule has 1 N–H and O–H groups in total. The van der Waals surface area contributed by atoms with E-state index in [0.29, 0.717) is 0 Å². The van der Waals surface area contributed by atoms with E-state index < -0.39 is 0 Å². The van der Waals surface area contributed by atoms with Gasteiger partial charge in [0.1, 0.15) is 4.64 Å². The average molecular weight is 175 g/mol. The van der Waals surface area contributed by atoms with E-state index >= 15 is 0 Å². The maximum atomic E-state index is 4.76. The van der Waals surface area contributed by atoms with Gasteiger partial charge in [0.15, 0.2) is 0 Å². The molecule has 3 heteroatoms. The summed E-state index contributed by atoms with van der Waals surface area (Å²) in [7, 11) is 0. The molecule has 0 aliphatic heterocycles. The number of H-pyrrole nitrogens is 1. The smallest absolute Gasteiger partial charge is 0.103 e. The molecule has 1 heterocycles. The van der Waals surface area contributed by atoms with Crippen LogP contribution in [0.3, 0.4) is 0 Å². The summed E-state index contributed by atoms with van der Waals surface area (Å²) < 4.78 is 0.780. The predicted molar refractivity (Wildman–Crippen MR) is 31.6 cm³/mol. The summed E-state index contributed by atoms with van der Waals surface area (Å²) in [5, 5.41) is 0. The third-order valence-corrected chi connectivity index (χ3v) is 0.934. The van der Waals surface area contributed by atoms with E-state index in [2.05, 4.69) is 4.98 Å². The Hall–Kier alpha value is -0.111. The van der Waals surface area contributed by atoms with Crippen LogP contribution in [0.2, 0.25) is 0 Å². The van der Waals surface area contributed by atoms with Crippen molar-refractivity contribution in [2.45, 2.75) is 0 Å². The van der Waals surface area contributed by atoms with Crippen LogP contribution in [0.5, 0.6) is 0 Å². The molecule has 0 atom stereocenters. The summed E-state index contributed by atoms with van der Waals surface area (Å²) in [4.78, 5) is 2.85. The van der Waals surface area contributed by atoms with Gasteiger partial charge < -0.3 is 4.98 Å². The van der Waals surface area contributed by atoms with Crippen molar-refractivity contribution in [3.05, 3.63) is 29.0 Å². The molecule has 0 saturated carbocycles. The molecule has 0 bridgehead atoms. The Morgan fingerprint density at radius 3 is 2.38 bits per heavy atom. The summed E-state index contributed by atoms with van der Waals surface area (Å²) in [6.45, 7) is 0. The van der Waals surface area contributed by atoms with Gasteiger partial charge in [-0.25, -0.2) is 0 Å². The topological polar surface area (TPSA) is 15.8 Å². The number of hydrogen-bond acceptors (Lipinski definition) is 1. The van der Waals surface area contributed by atoms with Gasteiger partial charge in [-0.2, -0.15) is 0 Å². The van der Waals surface area contributed by atoms with Gasteiger partial charge >= 0.3 is 0 Å². The minimum Gasteiger partial charge on any atom is -0.353 e. The molecule has 8 heavy (non-hydrogen) atoms. The summed E-state index contributed by atoms with van der Waals surface area (Å²) >= 11 is 4.76. The Morgan fingerprint density at radius 2 is 2.12 bits per heavy atom. The van der Waals surface area contributed by atoms with Gasteiger partial charge in [-0.1, -0.05) is 18.3 Å². The Labute approximate surface area is 63.6 Å². The molecule has 1 radical (unpaired) electrons. The van der Waals surface area contributed by atoms with E-state index in [9.17, 15) is 0 Å². The minimum atomic E-state index is 0. The van der Waals surface area contributed by atoms with Crippen molar-refractivity contribution < 1.29 is 17.1 Å². The van der Waals surface area contributed by atoms with Gasteiger partial charge in [0.25, 0.3) is 0 Å². The Balaban J connectivity index is 0.000000490. The van der Waals surface area contributed by atoms with Gasteiger partial charge in [-0.05, 0) is 12.1 Å². The monoisotopic (exact) mass is 174 g/mol. The van der Waals surface area contributed by atoms with Crippen molar-refractivity contribution in [2.24, 2.45) is 0 Å². The molecular weight excluding hydrogens is 170 g/mol. The van der Waals surface area contributed by atoms with Crippen LogP contribution in [0.15, 0.2) is 24.4 Å². The molecule has 0 amide bonds. The zero-order chi connectivity index (χ0) is 5.11. The normalized spacial score (nSPS) is 7.50. The fourth-order valence-electron chi connectivity index (χ4n) is 0.377. The number of rotatable bonds is 0. The zero-order valence-corrected chi connectivity index (χ0v) is 5.78. The van der Waals surface area contributed by atoms with Crippen molar-refractivity contribution in [2.75, 3.05) is 0 Å². The first kappa shape index (κ1) is 7.89. The van der Waals surface area contributed by atoms with Crippen LogP contribution in [-0.2, 0) is 17.1 Å². The van der Waals surface area contributed by atoms with E-state index in [1.807, 2.05) is 24.4 Å². The predicted octanol–water partition coefficient (Wildman–Crippen LogP) is 1.74. The van der Waals surface area contributed by atoms with Crippen LogP contribution < -0.4 is 0 Å². The molecule has 0 aromatic carbocycles. The van der Waals surface area contributed by atoms with Crippen LogP contribution in [-0.4, -0.2) is 4.98 Å². The minimum absolute atomic E-state index is 0. The third kappa shape index (κ3) is 2.26. The van der Waals surface area contributed by atoms with Crippen LogP contribution in [0, 0.1) is 4.64 Å². The molecule has 0 unspecified atom stereocenters. The van der Waals surface area contributed by atoms with E-state index in [-0.39, 0.29) is 17.1 Å². The van der Waals surface area contributed by atoms with Crippen molar-refractivity contribution >= 4 is 12.2 Å². The second-order valence-corrected chi connectivity index (χ2v) is 1.67. The number of pyridine rings is 1. The van der Waals surface area contributed by atoms with Gasteiger partial charge in [0.2, 0.25) is 0 Å². The quantitative estimate of drug-likeness (QED) is 0.468. The zero-order valence-electron chi connectivity index (χ0n) is 4.02. The standard InChI is InChI=1S/C5H5NS.Cu/c7-5-3-1-2-4-6-5;/h1-4H,(H,6,7);. The fraction of sp³-hybridized carbons (Fsp3) is 0. The second kappa shape index (κ2) is 3.84. The van der Waals surface area contributed by atoms with Crippen LogP contribution in [0.25, 0.3) is 0 Å². The Bertz CT molecular complexity index is 178. The molecule has 0 spiro atoms. The largest absolute Gasteiger partial charge is 0.353 e. The Morgan fingerprint density at radius 1 is 1.38 bits per heavy atom. The molecule has 1 aromatic heterocycles. The van der Waals surface area contributed by atoms with E-state index in [1.54, 1.807) is 0 Å². The van der Waals surface area contributed by atoms with Crippen molar-refractivity contribution in [1.82, 2.24) is 4.98 Å². The maximum Gasteiger partial charge on any atom is 0.103 e. The first-order valence-electron chi connectivity index (χ1n) is 2.03. The molecular formula is C5H5CuNS. The SMILES string of the molecule is S=c1cccc[nH]1.[Cu]. The van der Waals surface area contributed by atoms with Crippen molar-refractivity contribution in [1.29, 1.82) is 0 Å². The fourth-order valence-corrected chi connectivity index (χ4v) is 0.523. The molecule has 47 valence electrons. The van der Waals surface area contributed by atoms with Gasteiger partial charge in [-0.3, -0.25) is 0 Å². The number of aromatic amines is 1. The van der Waals surface area contributed by atoms with Crippen molar-refractivity contribution in [3.8, 4) is 0 Å². The third-order valence-electron chi connectivity index (χ3n) is 0.681. The number of nitrogens with one attached hydrogen (secondary N) is 1. The summed E-state index contributed by atoms with van der Waals surface area (Å²) in [5.74, 6) is 0. The van der Waals surface area contributed by atoms with E-state index in [1.165, 1.54) is 0 Å². The first-order valence-corrected chi connectivity index (χ1v) is 2.44.